The predicted molar refractivity (Wildman–Crippen MR) is 123 cm³/mol. The number of amides is 1. The van der Waals surface area contributed by atoms with Crippen molar-refractivity contribution in [1.82, 2.24) is 20.9 Å². The van der Waals surface area contributed by atoms with Gasteiger partial charge in [-0.2, -0.15) is 0 Å². The summed E-state index contributed by atoms with van der Waals surface area (Å²) in [6, 6.07) is 7.59. The summed E-state index contributed by atoms with van der Waals surface area (Å²) >= 11 is 1.67. The van der Waals surface area contributed by atoms with Crippen LogP contribution in [0.2, 0.25) is 0 Å². The molecule has 0 bridgehead atoms. The number of carbonyl (C=O) groups excluding carboxylic acids is 1. The lowest BCUT2D eigenvalue weighted by molar-refractivity contribution is 0.0953. The van der Waals surface area contributed by atoms with Crippen LogP contribution in [0.15, 0.2) is 35.5 Å². The molecule has 0 aliphatic rings. The number of aromatic nitrogens is 1. The number of aliphatic imine (C=N–C) groups is 1. The van der Waals surface area contributed by atoms with Crippen LogP contribution in [-0.4, -0.2) is 29.9 Å². The molecule has 3 N–H and O–H groups in total. The number of aryl methyl sites for hydroxylation is 1. The Bertz CT molecular complexity index is 747. The zero-order valence-electron chi connectivity index (χ0n) is 16.0. The van der Waals surface area contributed by atoms with Crippen molar-refractivity contribution >= 4 is 47.2 Å². The van der Waals surface area contributed by atoms with Crippen LogP contribution >= 0.6 is 35.3 Å². The standard InChI is InChI=1S/C19H27N5OS.HI/c1-4-9-21-18(25)16-8-6-7-15(10-16)12-23-19(20-5-2)24-13-17-22-11-14(3)26-17;/h6-8,10-11H,4-5,9,12-13H2,1-3H3,(H,21,25)(H2,20,23,24);1H. The molecule has 0 saturated carbocycles. The van der Waals surface area contributed by atoms with E-state index in [0.717, 1.165) is 29.5 Å². The lowest BCUT2D eigenvalue weighted by Crippen LogP contribution is -2.36. The van der Waals surface area contributed by atoms with Crippen LogP contribution in [-0.2, 0) is 13.1 Å². The Hall–Kier alpha value is -1.68. The van der Waals surface area contributed by atoms with Gasteiger partial charge in [0.2, 0.25) is 0 Å². The van der Waals surface area contributed by atoms with Crippen molar-refractivity contribution in [1.29, 1.82) is 0 Å². The normalized spacial score (nSPS) is 10.9. The Morgan fingerprint density at radius 3 is 2.70 bits per heavy atom. The van der Waals surface area contributed by atoms with E-state index in [0.29, 0.717) is 25.2 Å². The molecular formula is C19H28IN5OS. The van der Waals surface area contributed by atoms with E-state index in [9.17, 15) is 4.79 Å². The largest absolute Gasteiger partial charge is 0.357 e. The summed E-state index contributed by atoms with van der Waals surface area (Å²) in [4.78, 5) is 22.2. The second kappa shape index (κ2) is 12.7. The highest BCUT2D eigenvalue weighted by Gasteiger charge is 2.06. The van der Waals surface area contributed by atoms with Gasteiger partial charge in [-0.25, -0.2) is 9.98 Å². The SMILES string of the molecule is CCCNC(=O)c1cccc(CN=C(NCC)NCc2ncc(C)s2)c1.I. The third-order valence-corrected chi connectivity index (χ3v) is 4.48. The Balaban J connectivity index is 0.00000364. The van der Waals surface area contributed by atoms with E-state index in [2.05, 4.69) is 25.9 Å². The van der Waals surface area contributed by atoms with Gasteiger partial charge in [0, 0.05) is 29.7 Å². The Kier molecular flexibility index (Phi) is 11.0. The van der Waals surface area contributed by atoms with Gasteiger partial charge < -0.3 is 16.0 Å². The fraction of sp³-hybridized carbons (Fsp3) is 0.421. The molecule has 0 unspecified atom stereocenters. The van der Waals surface area contributed by atoms with Crippen molar-refractivity contribution in [2.24, 2.45) is 4.99 Å². The number of rotatable bonds is 8. The number of carbonyl (C=O) groups is 1. The van der Waals surface area contributed by atoms with E-state index < -0.39 is 0 Å². The quantitative estimate of drug-likeness (QED) is 0.294. The first-order chi connectivity index (χ1) is 12.6. The highest BCUT2D eigenvalue weighted by Crippen LogP contribution is 2.10. The number of nitrogens with one attached hydrogen (secondary N) is 3. The van der Waals surface area contributed by atoms with Crippen LogP contribution in [0.4, 0.5) is 0 Å². The second-order valence-electron chi connectivity index (χ2n) is 5.87. The van der Waals surface area contributed by atoms with E-state index in [4.69, 9.17) is 0 Å². The van der Waals surface area contributed by atoms with Gasteiger partial charge in [-0.3, -0.25) is 4.79 Å². The topological polar surface area (TPSA) is 78.4 Å². The van der Waals surface area contributed by atoms with Crippen LogP contribution in [0, 0.1) is 6.92 Å². The van der Waals surface area contributed by atoms with Crippen molar-refractivity contribution in [2.45, 2.75) is 40.3 Å². The highest BCUT2D eigenvalue weighted by molar-refractivity contribution is 14.0. The van der Waals surface area contributed by atoms with Gasteiger partial charge in [-0.1, -0.05) is 19.1 Å². The zero-order chi connectivity index (χ0) is 18.8. The van der Waals surface area contributed by atoms with Gasteiger partial charge in [-0.15, -0.1) is 35.3 Å². The summed E-state index contributed by atoms with van der Waals surface area (Å²) in [5.41, 5.74) is 1.67. The summed E-state index contributed by atoms with van der Waals surface area (Å²) in [5.74, 6) is 0.697. The molecule has 1 aromatic heterocycles. The van der Waals surface area contributed by atoms with Crippen LogP contribution in [0.1, 0.15) is 46.1 Å². The second-order valence-corrected chi connectivity index (χ2v) is 7.19. The molecule has 1 heterocycles. The first-order valence-electron chi connectivity index (χ1n) is 8.93. The van der Waals surface area contributed by atoms with Crippen molar-refractivity contribution in [3.05, 3.63) is 51.5 Å². The van der Waals surface area contributed by atoms with Crippen LogP contribution in [0.3, 0.4) is 0 Å². The number of thiazole rings is 1. The molecule has 1 aromatic carbocycles. The molecule has 0 saturated heterocycles. The third-order valence-electron chi connectivity index (χ3n) is 3.56. The molecule has 0 aliphatic heterocycles. The summed E-state index contributed by atoms with van der Waals surface area (Å²) in [6.45, 7) is 8.72. The molecule has 0 spiro atoms. The molecule has 2 aromatic rings. The fourth-order valence-electron chi connectivity index (χ4n) is 2.31. The number of hydrogen-bond donors (Lipinski definition) is 3. The van der Waals surface area contributed by atoms with Gasteiger partial charge in [0.25, 0.3) is 5.91 Å². The summed E-state index contributed by atoms with van der Waals surface area (Å²) < 4.78 is 0. The van der Waals surface area contributed by atoms with Gasteiger partial charge in [0.1, 0.15) is 5.01 Å². The first-order valence-corrected chi connectivity index (χ1v) is 9.74. The Morgan fingerprint density at radius 1 is 1.22 bits per heavy atom. The zero-order valence-corrected chi connectivity index (χ0v) is 19.2. The Morgan fingerprint density at radius 2 is 2.04 bits per heavy atom. The lowest BCUT2D eigenvalue weighted by atomic mass is 10.1. The van der Waals surface area contributed by atoms with Crippen molar-refractivity contribution in [3.8, 4) is 0 Å². The maximum Gasteiger partial charge on any atom is 0.251 e. The maximum atomic E-state index is 12.1. The minimum absolute atomic E-state index is 0. The molecule has 6 nitrogen and oxygen atoms in total. The van der Waals surface area contributed by atoms with Gasteiger partial charge in [0.05, 0.1) is 13.1 Å². The van der Waals surface area contributed by atoms with E-state index >= 15 is 0 Å². The minimum Gasteiger partial charge on any atom is -0.357 e. The lowest BCUT2D eigenvalue weighted by Gasteiger charge is -2.10. The molecule has 27 heavy (non-hydrogen) atoms. The predicted octanol–water partition coefficient (Wildman–Crippen LogP) is 3.46. The molecule has 0 radical (unpaired) electrons. The fourth-order valence-corrected chi connectivity index (χ4v) is 3.03. The average Bonchev–Trinajstić information content (AvgIpc) is 3.07. The number of guanidine groups is 1. The van der Waals surface area contributed by atoms with Crippen molar-refractivity contribution < 1.29 is 4.79 Å². The van der Waals surface area contributed by atoms with Crippen LogP contribution in [0.5, 0.6) is 0 Å². The summed E-state index contributed by atoms with van der Waals surface area (Å²) in [5, 5.41) is 10.5. The van der Waals surface area contributed by atoms with Crippen LogP contribution in [0.25, 0.3) is 0 Å². The van der Waals surface area contributed by atoms with Gasteiger partial charge in [0.15, 0.2) is 5.96 Å². The molecule has 8 heteroatoms. The maximum absolute atomic E-state index is 12.1. The molecular weight excluding hydrogens is 473 g/mol. The smallest absolute Gasteiger partial charge is 0.251 e. The minimum atomic E-state index is -0.0400. The van der Waals surface area contributed by atoms with Crippen molar-refractivity contribution in [3.63, 3.8) is 0 Å². The summed E-state index contributed by atoms with van der Waals surface area (Å²) in [6.07, 6.45) is 2.80. The number of nitrogens with zero attached hydrogens (tertiary/aromatic N) is 2. The van der Waals surface area contributed by atoms with Crippen LogP contribution < -0.4 is 16.0 Å². The Labute approximate surface area is 182 Å². The molecule has 0 aliphatic carbocycles. The number of hydrogen-bond acceptors (Lipinski definition) is 4. The summed E-state index contributed by atoms with van der Waals surface area (Å²) in [7, 11) is 0. The molecule has 0 fully saturated rings. The first kappa shape index (κ1) is 23.4. The monoisotopic (exact) mass is 501 g/mol. The van der Waals surface area contributed by atoms with E-state index in [1.807, 2.05) is 51.2 Å². The molecule has 148 valence electrons. The van der Waals surface area contributed by atoms with E-state index in [1.54, 1.807) is 11.3 Å². The average molecular weight is 501 g/mol. The molecule has 1 amide bonds. The number of halogens is 1. The van der Waals surface area contributed by atoms with Gasteiger partial charge in [-0.05, 0) is 38.0 Å². The van der Waals surface area contributed by atoms with Crippen molar-refractivity contribution in [2.75, 3.05) is 13.1 Å². The highest BCUT2D eigenvalue weighted by atomic mass is 127. The third kappa shape index (κ3) is 8.25. The molecule has 2 rings (SSSR count). The van der Waals surface area contributed by atoms with E-state index in [1.165, 1.54) is 4.88 Å². The van der Waals surface area contributed by atoms with Gasteiger partial charge >= 0.3 is 0 Å². The van der Waals surface area contributed by atoms with E-state index in [-0.39, 0.29) is 29.9 Å². The molecule has 0 atom stereocenters. The number of benzene rings is 1.